The summed E-state index contributed by atoms with van der Waals surface area (Å²) in [4.78, 5) is 13.3. The number of aliphatic hydroxyl groups excluding tert-OH is 1. The van der Waals surface area contributed by atoms with Gasteiger partial charge in [-0.2, -0.15) is 5.26 Å². The van der Waals surface area contributed by atoms with Crippen LogP contribution >= 0.6 is 0 Å². The Balaban J connectivity index is 2.57. The van der Waals surface area contributed by atoms with Gasteiger partial charge in [0.25, 0.3) is 0 Å². The van der Waals surface area contributed by atoms with E-state index in [0.29, 0.717) is 6.54 Å². The molecule has 0 aromatic rings. The zero-order chi connectivity index (χ0) is 10.6. The number of rotatable bonds is 4. The summed E-state index contributed by atoms with van der Waals surface area (Å²) in [5.41, 5.74) is 0. The summed E-state index contributed by atoms with van der Waals surface area (Å²) in [6.45, 7) is 1.93. The number of carbonyl (C=O) groups is 1. The molecule has 1 unspecified atom stereocenters. The van der Waals surface area contributed by atoms with E-state index in [4.69, 9.17) is 10.4 Å². The predicted molar refractivity (Wildman–Crippen MR) is 51.2 cm³/mol. The van der Waals surface area contributed by atoms with Gasteiger partial charge in [0.2, 0.25) is 5.91 Å². The fraction of sp³-hybridized carbons (Fsp3) is 0.800. The van der Waals surface area contributed by atoms with Crippen molar-refractivity contribution in [3.63, 3.8) is 0 Å². The average Bonchev–Trinajstić information content (AvgIpc) is 2.12. The molecule has 1 aliphatic carbocycles. The number of aliphatic hydroxyl groups is 1. The van der Waals surface area contributed by atoms with Gasteiger partial charge in [0.15, 0.2) is 0 Å². The van der Waals surface area contributed by atoms with Crippen molar-refractivity contribution in [1.82, 2.24) is 4.90 Å². The van der Waals surface area contributed by atoms with Crippen molar-refractivity contribution in [2.75, 3.05) is 13.2 Å². The molecule has 1 amide bonds. The fourth-order valence-corrected chi connectivity index (χ4v) is 1.58. The lowest BCUT2D eigenvalue weighted by molar-refractivity contribution is -0.138. The highest BCUT2D eigenvalue weighted by atomic mass is 16.3. The van der Waals surface area contributed by atoms with Gasteiger partial charge in [0.1, 0.15) is 5.92 Å². The van der Waals surface area contributed by atoms with Gasteiger partial charge in [0.05, 0.1) is 12.7 Å². The highest BCUT2D eigenvalue weighted by molar-refractivity contribution is 5.81. The molecule has 1 fully saturated rings. The zero-order valence-corrected chi connectivity index (χ0v) is 8.44. The molecule has 0 radical (unpaired) electrons. The zero-order valence-electron chi connectivity index (χ0n) is 8.44. The van der Waals surface area contributed by atoms with Crippen molar-refractivity contribution in [1.29, 1.82) is 5.26 Å². The molecule has 1 rings (SSSR count). The van der Waals surface area contributed by atoms with Gasteiger partial charge in [0, 0.05) is 12.6 Å². The van der Waals surface area contributed by atoms with Crippen molar-refractivity contribution in [3.8, 4) is 6.07 Å². The summed E-state index contributed by atoms with van der Waals surface area (Å²) in [5, 5.41) is 17.5. The maximum absolute atomic E-state index is 11.7. The molecule has 1 aliphatic rings. The van der Waals surface area contributed by atoms with Crippen molar-refractivity contribution in [3.05, 3.63) is 0 Å². The second kappa shape index (κ2) is 4.97. The molecule has 0 heterocycles. The Morgan fingerprint density at radius 1 is 1.71 bits per heavy atom. The van der Waals surface area contributed by atoms with Gasteiger partial charge < -0.3 is 10.0 Å². The van der Waals surface area contributed by atoms with Crippen molar-refractivity contribution >= 4 is 5.91 Å². The van der Waals surface area contributed by atoms with Crippen LogP contribution in [0.4, 0.5) is 0 Å². The lowest BCUT2D eigenvalue weighted by Gasteiger charge is -2.37. The molecule has 1 saturated carbocycles. The van der Waals surface area contributed by atoms with Crippen LogP contribution in [0.15, 0.2) is 0 Å². The van der Waals surface area contributed by atoms with Crippen molar-refractivity contribution in [2.24, 2.45) is 5.92 Å². The number of carbonyl (C=O) groups excluding carboxylic acids is 1. The molecule has 4 nitrogen and oxygen atoms in total. The SMILES string of the molecule is CC(C#N)C(=O)N(CCO)C1CCC1. The van der Waals surface area contributed by atoms with Crippen LogP contribution < -0.4 is 0 Å². The topological polar surface area (TPSA) is 64.3 Å². The van der Waals surface area contributed by atoms with Gasteiger partial charge in [-0.1, -0.05) is 0 Å². The van der Waals surface area contributed by atoms with Gasteiger partial charge in [-0.3, -0.25) is 4.79 Å². The standard InChI is InChI=1S/C10H16N2O2/c1-8(7-11)10(14)12(5-6-13)9-3-2-4-9/h8-9,13H,2-6H2,1H3. The van der Waals surface area contributed by atoms with Crippen molar-refractivity contribution in [2.45, 2.75) is 32.2 Å². The van der Waals surface area contributed by atoms with Crippen LogP contribution in [0.5, 0.6) is 0 Å². The number of amides is 1. The monoisotopic (exact) mass is 196 g/mol. The molecule has 4 heteroatoms. The van der Waals surface area contributed by atoms with Crippen LogP contribution in [0, 0.1) is 17.2 Å². The second-order valence-corrected chi connectivity index (χ2v) is 3.69. The van der Waals surface area contributed by atoms with Crippen molar-refractivity contribution < 1.29 is 9.90 Å². The van der Waals surface area contributed by atoms with Crippen LogP contribution in [0.1, 0.15) is 26.2 Å². The molecule has 1 atom stereocenters. The van der Waals surface area contributed by atoms with E-state index in [-0.39, 0.29) is 18.6 Å². The van der Waals surface area contributed by atoms with E-state index in [0.717, 1.165) is 19.3 Å². The first-order valence-corrected chi connectivity index (χ1v) is 5.01. The van der Waals surface area contributed by atoms with E-state index >= 15 is 0 Å². The van der Waals surface area contributed by atoms with E-state index < -0.39 is 5.92 Å². The minimum absolute atomic E-state index is 0.0274. The molecule has 0 spiro atoms. The Morgan fingerprint density at radius 3 is 2.71 bits per heavy atom. The molecule has 0 aliphatic heterocycles. The predicted octanol–water partition coefficient (Wildman–Crippen LogP) is 0.519. The van der Waals surface area contributed by atoms with Crippen LogP contribution in [-0.2, 0) is 4.79 Å². The molecular weight excluding hydrogens is 180 g/mol. The molecule has 0 bridgehead atoms. The Bertz CT molecular complexity index is 243. The van der Waals surface area contributed by atoms with E-state index in [9.17, 15) is 4.79 Å². The van der Waals surface area contributed by atoms with Crippen LogP contribution in [0.2, 0.25) is 0 Å². The quantitative estimate of drug-likeness (QED) is 0.713. The summed E-state index contributed by atoms with van der Waals surface area (Å²) in [6.07, 6.45) is 3.15. The first kappa shape index (κ1) is 11.0. The third-order valence-electron chi connectivity index (χ3n) is 2.70. The maximum atomic E-state index is 11.7. The van der Waals surface area contributed by atoms with E-state index in [1.54, 1.807) is 11.8 Å². The second-order valence-electron chi connectivity index (χ2n) is 3.69. The van der Waals surface area contributed by atoms with E-state index in [2.05, 4.69) is 0 Å². The number of nitrogens with zero attached hydrogens (tertiary/aromatic N) is 2. The maximum Gasteiger partial charge on any atom is 0.239 e. The third-order valence-corrected chi connectivity index (χ3v) is 2.70. The molecule has 0 saturated heterocycles. The van der Waals surface area contributed by atoms with Crippen LogP contribution in [-0.4, -0.2) is 35.1 Å². The molecular formula is C10H16N2O2. The first-order valence-electron chi connectivity index (χ1n) is 5.01. The van der Waals surface area contributed by atoms with E-state index in [1.807, 2.05) is 6.07 Å². The minimum atomic E-state index is -0.595. The normalized spacial score (nSPS) is 18.1. The third kappa shape index (κ3) is 2.24. The Kier molecular flexibility index (Phi) is 3.90. The molecule has 14 heavy (non-hydrogen) atoms. The summed E-state index contributed by atoms with van der Waals surface area (Å²) in [5.74, 6) is -0.742. The highest BCUT2D eigenvalue weighted by Gasteiger charge is 2.30. The van der Waals surface area contributed by atoms with Gasteiger partial charge in [-0.25, -0.2) is 0 Å². The number of hydrogen-bond acceptors (Lipinski definition) is 3. The van der Waals surface area contributed by atoms with Gasteiger partial charge in [-0.05, 0) is 26.2 Å². The number of nitriles is 1. The Hall–Kier alpha value is -1.08. The molecule has 0 aromatic heterocycles. The molecule has 0 aromatic carbocycles. The minimum Gasteiger partial charge on any atom is -0.395 e. The first-order chi connectivity index (χ1) is 6.70. The van der Waals surface area contributed by atoms with Gasteiger partial charge in [-0.15, -0.1) is 0 Å². The highest BCUT2D eigenvalue weighted by Crippen LogP contribution is 2.25. The Labute approximate surface area is 84.1 Å². The lowest BCUT2D eigenvalue weighted by Crippen LogP contribution is -2.47. The van der Waals surface area contributed by atoms with Crippen LogP contribution in [0.3, 0.4) is 0 Å². The smallest absolute Gasteiger partial charge is 0.239 e. The summed E-state index contributed by atoms with van der Waals surface area (Å²) >= 11 is 0. The summed E-state index contributed by atoms with van der Waals surface area (Å²) in [6, 6.07) is 2.19. The van der Waals surface area contributed by atoms with E-state index in [1.165, 1.54) is 0 Å². The lowest BCUT2D eigenvalue weighted by atomic mass is 9.90. The average molecular weight is 196 g/mol. The molecule has 1 N–H and O–H groups in total. The summed E-state index contributed by atoms with van der Waals surface area (Å²) < 4.78 is 0. The Morgan fingerprint density at radius 2 is 2.36 bits per heavy atom. The van der Waals surface area contributed by atoms with Crippen LogP contribution in [0.25, 0.3) is 0 Å². The van der Waals surface area contributed by atoms with Gasteiger partial charge >= 0.3 is 0 Å². The summed E-state index contributed by atoms with van der Waals surface area (Å²) in [7, 11) is 0. The largest absolute Gasteiger partial charge is 0.395 e. The fourth-order valence-electron chi connectivity index (χ4n) is 1.58. The molecule has 78 valence electrons. The number of hydrogen-bond donors (Lipinski definition) is 1.